The van der Waals surface area contributed by atoms with Crippen molar-refractivity contribution in [3.8, 4) is 0 Å². The fourth-order valence-corrected chi connectivity index (χ4v) is 2.33. The molecule has 1 amide bonds. The van der Waals surface area contributed by atoms with Crippen molar-refractivity contribution in [3.05, 3.63) is 0 Å². The molecule has 1 aliphatic heterocycles. The number of nitrogens with zero attached hydrogens (tertiary/aromatic N) is 1. The van der Waals surface area contributed by atoms with Crippen molar-refractivity contribution in [3.63, 3.8) is 0 Å². The van der Waals surface area contributed by atoms with Crippen LogP contribution in [-0.2, 0) is 14.3 Å². The van der Waals surface area contributed by atoms with E-state index in [1.807, 2.05) is 34.6 Å². The summed E-state index contributed by atoms with van der Waals surface area (Å²) in [6, 6.07) is 0. The predicted molar refractivity (Wildman–Crippen MR) is 76.3 cm³/mol. The minimum Gasteiger partial charge on any atom is -0.466 e. The van der Waals surface area contributed by atoms with E-state index in [0.717, 1.165) is 6.42 Å². The van der Waals surface area contributed by atoms with Gasteiger partial charge in [-0.15, -0.1) is 0 Å². The zero-order chi connectivity index (χ0) is 15.6. The molecule has 0 radical (unpaired) electrons. The number of hydrogen-bond acceptors (Lipinski definition) is 4. The molecule has 1 fully saturated rings. The Morgan fingerprint density at radius 1 is 1.20 bits per heavy atom. The second-order valence-corrected chi connectivity index (χ2v) is 6.85. The zero-order valence-corrected chi connectivity index (χ0v) is 13.5. The smallest absolute Gasteiger partial charge is 0.410 e. The van der Waals surface area contributed by atoms with Crippen LogP contribution in [0.2, 0.25) is 0 Å². The summed E-state index contributed by atoms with van der Waals surface area (Å²) in [4.78, 5) is 25.7. The Morgan fingerprint density at radius 3 is 2.30 bits per heavy atom. The molecule has 0 unspecified atom stereocenters. The molecule has 0 aliphatic carbocycles. The molecule has 20 heavy (non-hydrogen) atoms. The van der Waals surface area contributed by atoms with Gasteiger partial charge in [0.05, 0.1) is 12.0 Å². The van der Waals surface area contributed by atoms with E-state index in [-0.39, 0.29) is 18.0 Å². The van der Waals surface area contributed by atoms with Crippen molar-refractivity contribution in [1.29, 1.82) is 0 Å². The molecule has 1 saturated heterocycles. The molecular formula is C15H27NO4. The van der Waals surface area contributed by atoms with Gasteiger partial charge in [0, 0.05) is 13.1 Å². The van der Waals surface area contributed by atoms with E-state index in [9.17, 15) is 9.59 Å². The maximum atomic E-state index is 12.0. The van der Waals surface area contributed by atoms with Crippen molar-refractivity contribution in [2.75, 3.05) is 19.7 Å². The first-order valence-electron chi connectivity index (χ1n) is 7.23. The van der Waals surface area contributed by atoms with E-state index >= 15 is 0 Å². The lowest BCUT2D eigenvalue weighted by atomic mass is 9.78. The van der Waals surface area contributed by atoms with Crippen LogP contribution < -0.4 is 0 Å². The molecule has 0 N–H and O–H groups in total. The lowest BCUT2D eigenvalue weighted by molar-refractivity contribution is -0.156. The molecule has 5 nitrogen and oxygen atoms in total. The van der Waals surface area contributed by atoms with Gasteiger partial charge in [0.2, 0.25) is 0 Å². The van der Waals surface area contributed by atoms with Crippen molar-refractivity contribution < 1.29 is 19.1 Å². The molecule has 1 rings (SSSR count). The molecule has 0 aromatic rings. The molecule has 0 spiro atoms. The molecule has 1 aliphatic rings. The van der Waals surface area contributed by atoms with Gasteiger partial charge in [-0.3, -0.25) is 4.79 Å². The maximum Gasteiger partial charge on any atom is 0.410 e. The number of likely N-dealkylation sites (tertiary alicyclic amines) is 1. The first-order chi connectivity index (χ1) is 9.08. The summed E-state index contributed by atoms with van der Waals surface area (Å²) in [5.74, 6) is -0.0925. The Balaban J connectivity index is 2.63. The Hall–Kier alpha value is -1.26. The molecule has 1 heterocycles. The van der Waals surface area contributed by atoms with Crippen molar-refractivity contribution in [1.82, 2.24) is 4.90 Å². The van der Waals surface area contributed by atoms with Crippen molar-refractivity contribution in [2.45, 2.75) is 53.6 Å². The number of carbonyl (C=O) groups excluding carboxylic acids is 2. The van der Waals surface area contributed by atoms with Gasteiger partial charge in [-0.1, -0.05) is 0 Å². The van der Waals surface area contributed by atoms with Crippen molar-refractivity contribution in [2.24, 2.45) is 11.3 Å². The first-order valence-corrected chi connectivity index (χ1v) is 7.23. The topological polar surface area (TPSA) is 55.8 Å². The van der Waals surface area contributed by atoms with Crippen molar-refractivity contribution >= 4 is 12.1 Å². The van der Waals surface area contributed by atoms with E-state index < -0.39 is 11.0 Å². The summed E-state index contributed by atoms with van der Waals surface area (Å²) in [6.07, 6.45) is 0.491. The van der Waals surface area contributed by atoms with Gasteiger partial charge >= 0.3 is 12.1 Å². The van der Waals surface area contributed by atoms with E-state index in [0.29, 0.717) is 19.7 Å². The Labute approximate surface area is 121 Å². The van der Waals surface area contributed by atoms with Crippen LogP contribution in [0, 0.1) is 11.3 Å². The van der Waals surface area contributed by atoms with E-state index in [2.05, 4.69) is 0 Å². The maximum absolute atomic E-state index is 12.0. The first kappa shape index (κ1) is 16.8. The summed E-state index contributed by atoms with van der Waals surface area (Å²) in [5, 5.41) is 0. The van der Waals surface area contributed by atoms with Gasteiger partial charge in [-0.25, -0.2) is 4.79 Å². The summed E-state index contributed by atoms with van der Waals surface area (Å²) in [7, 11) is 0. The third-order valence-corrected chi connectivity index (χ3v) is 3.66. The summed E-state index contributed by atoms with van der Waals surface area (Å²) < 4.78 is 10.5. The van der Waals surface area contributed by atoms with Crippen LogP contribution in [0.4, 0.5) is 4.79 Å². The van der Waals surface area contributed by atoms with Crippen LogP contribution in [-0.4, -0.2) is 42.3 Å². The molecule has 0 bridgehead atoms. The highest BCUT2D eigenvalue weighted by atomic mass is 16.6. The minimum absolute atomic E-state index is 0.106. The Bertz CT molecular complexity index is 371. The normalized spacial score (nSPS) is 19.9. The molecule has 0 aromatic heterocycles. The summed E-state index contributed by atoms with van der Waals surface area (Å²) >= 11 is 0. The number of rotatable bonds is 3. The van der Waals surface area contributed by atoms with E-state index in [1.54, 1.807) is 11.8 Å². The van der Waals surface area contributed by atoms with Gasteiger partial charge in [-0.2, -0.15) is 0 Å². The molecule has 5 heteroatoms. The number of carbonyl (C=O) groups is 2. The number of hydrogen-bond donors (Lipinski definition) is 0. The average Bonchev–Trinajstić information content (AvgIpc) is 2.76. The second kappa shape index (κ2) is 6.02. The zero-order valence-electron chi connectivity index (χ0n) is 13.5. The third kappa shape index (κ3) is 4.12. The summed E-state index contributed by atoms with van der Waals surface area (Å²) in [6.45, 7) is 12.7. The van der Waals surface area contributed by atoms with Gasteiger partial charge in [0.1, 0.15) is 5.60 Å². The number of ether oxygens (including phenoxy) is 2. The largest absolute Gasteiger partial charge is 0.466 e. The second-order valence-electron chi connectivity index (χ2n) is 6.85. The van der Waals surface area contributed by atoms with Crippen LogP contribution in [0.1, 0.15) is 48.0 Å². The number of esters is 1. The van der Waals surface area contributed by atoms with Gasteiger partial charge in [0.15, 0.2) is 0 Å². The predicted octanol–water partition coefficient (Wildman–Crippen LogP) is 2.83. The lowest BCUT2D eigenvalue weighted by Gasteiger charge is -2.29. The standard InChI is InChI=1S/C15H27NO4/c1-7-19-12(17)15(5,6)11-8-9-16(10-11)13(18)20-14(2,3)4/h11H,7-10H2,1-6H3/t11-/m1/s1. The van der Waals surface area contributed by atoms with Crippen LogP contribution in [0.5, 0.6) is 0 Å². The Morgan fingerprint density at radius 2 is 1.80 bits per heavy atom. The van der Waals surface area contributed by atoms with Crippen LogP contribution in [0.15, 0.2) is 0 Å². The quantitative estimate of drug-likeness (QED) is 0.748. The highest BCUT2D eigenvalue weighted by Crippen LogP contribution is 2.35. The van der Waals surface area contributed by atoms with Gasteiger partial charge in [-0.05, 0) is 53.9 Å². The molecule has 116 valence electrons. The average molecular weight is 285 g/mol. The minimum atomic E-state index is -0.577. The third-order valence-electron chi connectivity index (χ3n) is 3.66. The molecule has 0 aromatic carbocycles. The monoisotopic (exact) mass is 285 g/mol. The van der Waals surface area contributed by atoms with Crippen LogP contribution >= 0.6 is 0 Å². The van der Waals surface area contributed by atoms with E-state index in [4.69, 9.17) is 9.47 Å². The van der Waals surface area contributed by atoms with Crippen LogP contribution in [0.3, 0.4) is 0 Å². The van der Waals surface area contributed by atoms with Crippen LogP contribution in [0.25, 0.3) is 0 Å². The molecule has 0 saturated carbocycles. The summed E-state index contributed by atoms with van der Waals surface area (Å²) in [5.41, 5.74) is -1.07. The fraction of sp³-hybridized carbons (Fsp3) is 0.867. The molecule has 1 atom stereocenters. The SMILES string of the molecule is CCOC(=O)C(C)(C)[C@@H]1CCN(C(=O)OC(C)(C)C)C1. The lowest BCUT2D eigenvalue weighted by Crippen LogP contribution is -2.39. The fourth-order valence-electron chi connectivity index (χ4n) is 2.33. The van der Waals surface area contributed by atoms with Gasteiger partial charge in [0.25, 0.3) is 0 Å². The van der Waals surface area contributed by atoms with E-state index in [1.165, 1.54) is 0 Å². The highest BCUT2D eigenvalue weighted by Gasteiger charge is 2.43. The Kier molecular flexibility index (Phi) is 5.05. The van der Waals surface area contributed by atoms with Gasteiger partial charge < -0.3 is 14.4 Å². The number of amides is 1. The highest BCUT2D eigenvalue weighted by molar-refractivity contribution is 5.76. The molecular weight excluding hydrogens is 258 g/mol.